The zero-order valence-electron chi connectivity index (χ0n) is 26.4. The average Bonchev–Trinajstić information content (AvgIpc) is 3.54. The highest BCUT2D eigenvalue weighted by Gasteiger charge is 2.33. The van der Waals surface area contributed by atoms with E-state index in [0.717, 1.165) is 78.4 Å². The van der Waals surface area contributed by atoms with Gasteiger partial charge in [-0.1, -0.05) is 26.0 Å². The first-order valence-electron chi connectivity index (χ1n) is 16.1. The van der Waals surface area contributed by atoms with Gasteiger partial charge in [0.15, 0.2) is 0 Å². The van der Waals surface area contributed by atoms with Crippen molar-refractivity contribution in [3.05, 3.63) is 58.9 Å². The van der Waals surface area contributed by atoms with Crippen molar-refractivity contribution in [3.63, 3.8) is 0 Å². The Bertz CT molecular complexity index is 1420. The largest absolute Gasteiger partial charge is 0.496 e. The molecule has 0 bridgehead atoms. The number of thiazole rings is 1. The number of pyridine rings is 1. The summed E-state index contributed by atoms with van der Waals surface area (Å²) in [7, 11) is 1.72. The van der Waals surface area contributed by atoms with Crippen LogP contribution in [-0.4, -0.2) is 47.3 Å². The summed E-state index contributed by atoms with van der Waals surface area (Å²) in [6.07, 6.45) is 10.4. The lowest BCUT2D eigenvalue weighted by atomic mass is 9.77. The van der Waals surface area contributed by atoms with Gasteiger partial charge < -0.3 is 15.2 Å². The number of nitrogens with one attached hydrogen (secondary N) is 1. The van der Waals surface area contributed by atoms with E-state index in [9.17, 15) is 9.59 Å². The van der Waals surface area contributed by atoms with E-state index in [0.29, 0.717) is 30.8 Å². The van der Waals surface area contributed by atoms with Crippen LogP contribution in [0.1, 0.15) is 93.2 Å². The molecule has 236 valence electrons. The molecule has 0 saturated heterocycles. The normalized spacial score (nSPS) is 22.0. The first-order valence-corrected chi connectivity index (χ1v) is 16.9. The molecule has 0 unspecified atom stereocenters. The number of hydrogen-bond donors (Lipinski definition) is 2. The van der Waals surface area contributed by atoms with Crippen LogP contribution in [0.4, 0.5) is 10.6 Å². The zero-order valence-corrected chi connectivity index (χ0v) is 27.2. The van der Waals surface area contributed by atoms with Crippen molar-refractivity contribution in [3.8, 4) is 16.2 Å². The number of aryl methyl sites for hydroxylation is 1. The minimum Gasteiger partial charge on any atom is -0.496 e. The van der Waals surface area contributed by atoms with Gasteiger partial charge in [-0.25, -0.2) is 14.8 Å². The van der Waals surface area contributed by atoms with Crippen LogP contribution in [0.25, 0.3) is 10.4 Å². The van der Waals surface area contributed by atoms with E-state index in [4.69, 9.17) is 14.8 Å². The van der Waals surface area contributed by atoms with Gasteiger partial charge in [0.25, 0.3) is 0 Å². The van der Waals surface area contributed by atoms with Gasteiger partial charge in [-0.05, 0) is 111 Å². The summed E-state index contributed by atoms with van der Waals surface area (Å²) < 4.78 is 5.47. The maximum atomic E-state index is 14.2. The van der Waals surface area contributed by atoms with E-state index in [-0.39, 0.29) is 17.7 Å². The summed E-state index contributed by atoms with van der Waals surface area (Å²) >= 11 is 1.70. The molecule has 0 spiro atoms. The van der Waals surface area contributed by atoms with E-state index in [2.05, 4.69) is 55.3 Å². The van der Waals surface area contributed by atoms with Crippen LogP contribution in [-0.2, 0) is 4.79 Å². The van der Waals surface area contributed by atoms with Gasteiger partial charge in [0.2, 0.25) is 5.91 Å². The maximum absolute atomic E-state index is 14.2. The molecule has 44 heavy (non-hydrogen) atoms. The summed E-state index contributed by atoms with van der Waals surface area (Å²) in [6, 6.07) is 10.6. The third kappa shape index (κ3) is 7.78. The molecule has 3 aromatic rings. The Morgan fingerprint density at radius 3 is 2.39 bits per heavy atom. The van der Waals surface area contributed by atoms with Gasteiger partial charge in [-0.3, -0.25) is 9.69 Å². The van der Waals surface area contributed by atoms with Crippen molar-refractivity contribution in [2.75, 3.05) is 25.1 Å². The lowest BCUT2D eigenvalue weighted by Gasteiger charge is -2.36. The van der Waals surface area contributed by atoms with E-state index in [1.54, 1.807) is 18.4 Å². The lowest BCUT2D eigenvalue weighted by Crippen LogP contribution is -2.42. The van der Waals surface area contributed by atoms with Crippen LogP contribution in [0.15, 0.2) is 42.7 Å². The SMILES string of the molecule is COc1ccc([C@H]2CC[C@H](CN(c3cc(-c4cnc(C(C)C)s4)ccn3)C(=O)[C@H]3CC[C@H](CNC(=O)O)CC3)CC2)cc1C. The fourth-order valence-corrected chi connectivity index (χ4v) is 7.78. The third-order valence-corrected chi connectivity index (χ3v) is 10.9. The number of carbonyl (C=O) groups excluding carboxylic acids is 1. The molecule has 2 aromatic heterocycles. The van der Waals surface area contributed by atoms with E-state index in [1.165, 1.54) is 11.1 Å². The molecule has 0 radical (unpaired) electrons. The Kier molecular flexibility index (Phi) is 10.6. The van der Waals surface area contributed by atoms with Crippen LogP contribution in [0.2, 0.25) is 0 Å². The van der Waals surface area contributed by atoms with Crippen molar-refractivity contribution in [2.24, 2.45) is 17.8 Å². The van der Waals surface area contributed by atoms with Crippen LogP contribution in [0.3, 0.4) is 0 Å². The second kappa shape index (κ2) is 14.5. The molecule has 5 rings (SSSR count). The van der Waals surface area contributed by atoms with Gasteiger partial charge in [0.05, 0.1) is 17.0 Å². The first kappa shape index (κ1) is 31.9. The van der Waals surface area contributed by atoms with Crippen molar-refractivity contribution in [1.82, 2.24) is 15.3 Å². The van der Waals surface area contributed by atoms with Gasteiger partial charge in [-0.2, -0.15) is 0 Å². The van der Waals surface area contributed by atoms with Crippen molar-refractivity contribution >= 4 is 29.2 Å². The van der Waals surface area contributed by atoms with Gasteiger partial charge in [-0.15, -0.1) is 11.3 Å². The molecule has 1 aromatic carbocycles. The Balaban J connectivity index is 1.31. The maximum Gasteiger partial charge on any atom is 0.404 e. The van der Waals surface area contributed by atoms with Crippen LogP contribution in [0, 0.1) is 24.7 Å². The van der Waals surface area contributed by atoms with Crippen molar-refractivity contribution < 1.29 is 19.4 Å². The summed E-state index contributed by atoms with van der Waals surface area (Å²) in [4.78, 5) is 37.6. The Labute approximate surface area is 265 Å². The number of ether oxygens (including phenoxy) is 1. The van der Waals surface area contributed by atoms with Gasteiger partial charge in [0, 0.05) is 37.3 Å². The van der Waals surface area contributed by atoms with Crippen molar-refractivity contribution in [1.29, 1.82) is 0 Å². The number of hydrogen-bond acceptors (Lipinski definition) is 6. The predicted octanol–water partition coefficient (Wildman–Crippen LogP) is 8.03. The highest BCUT2D eigenvalue weighted by atomic mass is 32.1. The first-order chi connectivity index (χ1) is 21.2. The number of amides is 2. The Morgan fingerprint density at radius 1 is 1.02 bits per heavy atom. The molecule has 8 nitrogen and oxygen atoms in total. The third-order valence-electron chi connectivity index (χ3n) is 9.51. The van der Waals surface area contributed by atoms with Crippen molar-refractivity contribution in [2.45, 2.75) is 84.0 Å². The standard InChI is InChI=1S/C35H46N4O4S/c1-22(2)33-37-20-31(44-33)29-15-16-36-32(18-29)39(34(40)27-11-5-24(6-12-27)19-38-35(41)42)21-25-7-9-26(10-8-25)28-13-14-30(43-4)23(3)17-28/h13-18,20,22,24-27,38H,5-12,19,21H2,1-4H3,(H,41,42)/t24-,25-,26-,27-. The molecular formula is C35H46N4O4S. The molecule has 2 aliphatic carbocycles. The van der Waals surface area contributed by atoms with Crippen LogP contribution in [0.5, 0.6) is 5.75 Å². The molecule has 2 aliphatic rings. The fraction of sp³-hybridized carbons (Fsp3) is 0.543. The van der Waals surface area contributed by atoms with Gasteiger partial charge >= 0.3 is 6.09 Å². The fourth-order valence-electron chi connectivity index (χ4n) is 6.86. The molecular weight excluding hydrogens is 572 g/mol. The second-order valence-corrected chi connectivity index (χ2v) is 14.0. The van der Waals surface area contributed by atoms with Crippen LogP contribution < -0.4 is 15.0 Å². The molecule has 2 heterocycles. The number of benzene rings is 1. The molecule has 0 aliphatic heterocycles. The second-order valence-electron chi connectivity index (χ2n) is 12.9. The number of carboxylic acid groups (broad SMARTS) is 1. The molecule has 9 heteroatoms. The van der Waals surface area contributed by atoms with Gasteiger partial charge in [0.1, 0.15) is 11.6 Å². The van der Waals surface area contributed by atoms with E-state index in [1.807, 2.05) is 23.4 Å². The summed E-state index contributed by atoms with van der Waals surface area (Å²) in [6.45, 7) is 7.53. The number of aromatic nitrogens is 2. The summed E-state index contributed by atoms with van der Waals surface area (Å²) in [5.74, 6) is 3.31. The monoisotopic (exact) mass is 618 g/mol. The number of carbonyl (C=O) groups is 2. The summed E-state index contributed by atoms with van der Waals surface area (Å²) in [5, 5.41) is 12.6. The smallest absolute Gasteiger partial charge is 0.404 e. The minimum atomic E-state index is -0.987. The average molecular weight is 619 g/mol. The molecule has 2 fully saturated rings. The topological polar surface area (TPSA) is 105 Å². The molecule has 2 amide bonds. The molecule has 2 saturated carbocycles. The van der Waals surface area contributed by atoms with Crippen LogP contribution >= 0.6 is 11.3 Å². The predicted molar refractivity (Wildman–Crippen MR) is 176 cm³/mol. The molecule has 2 N–H and O–H groups in total. The number of methoxy groups -OCH3 is 1. The highest BCUT2D eigenvalue weighted by molar-refractivity contribution is 7.15. The Hall–Kier alpha value is -3.46. The zero-order chi connectivity index (χ0) is 31.2. The highest BCUT2D eigenvalue weighted by Crippen LogP contribution is 2.39. The molecule has 0 atom stereocenters. The lowest BCUT2D eigenvalue weighted by molar-refractivity contribution is -0.123. The quantitative estimate of drug-likeness (QED) is 0.238. The number of rotatable bonds is 10. The minimum absolute atomic E-state index is 0.0731. The summed E-state index contributed by atoms with van der Waals surface area (Å²) in [5.41, 5.74) is 3.59. The number of anilines is 1. The number of nitrogens with zero attached hydrogens (tertiary/aromatic N) is 3. The Morgan fingerprint density at radius 2 is 1.75 bits per heavy atom. The van der Waals surface area contributed by atoms with E-state index < -0.39 is 6.09 Å². The van der Waals surface area contributed by atoms with E-state index >= 15 is 0 Å².